The molecule has 0 aliphatic heterocycles. The summed E-state index contributed by atoms with van der Waals surface area (Å²) in [5.41, 5.74) is 0. The normalized spacial score (nSPS) is 14.9. The van der Waals surface area contributed by atoms with Crippen molar-refractivity contribution in [3.05, 3.63) is 0 Å². The number of aliphatic hydroxyl groups is 2. The van der Waals surface area contributed by atoms with Gasteiger partial charge in [-0.25, -0.2) is 16.8 Å². The number of rotatable bonds is 4. The summed E-state index contributed by atoms with van der Waals surface area (Å²) in [7, 11) is -8.45. The Kier molecular flexibility index (Phi) is 12.2. The van der Waals surface area contributed by atoms with Gasteiger partial charge in [0.25, 0.3) is 0 Å². The van der Waals surface area contributed by atoms with Crippen LogP contribution < -0.4 is 0 Å². The second-order valence-electron chi connectivity index (χ2n) is 3.15. The molecule has 0 saturated carbocycles. The Labute approximate surface area is 111 Å². The predicted molar refractivity (Wildman–Crippen MR) is 52.5 cm³/mol. The summed E-state index contributed by atoms with van der Waals surface area (Å²) in [5.74, 6) is -1.40. The van der Waals surface area contributed by atoms with Crippen LogP contribution in [0.3, 0.4) is 0 Å². The standard InChI is InChI=1S/2C3H8O4S.Co/c2*1-3(4)2-8(5,6)7;/h2*3-4H,2H2,1H3,(H,5,6,7);/q;;+2/p-2. The van der Waals surface area contributed by atoms with Crippen molar-refractivity contribution in [2.24, 2.45) is 0 Å². The summed E-state index contributed by atoms with van der Waals surface area (Å²) in [6.45, 7) is 2.49. The Morgan fingerprint density at radius 1 is 0.882 bits per heavy atom. The zero-order chi connectivity index (χ0) is 13.6. The first-order chi connectivity index (χ1) is 6.83. The third kappa shape index (κ3) is 31.4. The Morgan fingerprint density at radius 2 is 1.06 bits per heavy atom. The van der Waals surface area contributed by atoms with E-state index < -0.39 is 43.9 Å². The summed E-state index contributed by atoms with van der Waals surface area (Å²) in [6.07, 6.45) is -2.12. The van der Waals surface area contributed by atoms with Gasteiger partial charge in [-0.2, -0.15) is 0 Å². The maximum atomic E-state index is 9.73. The topological polar surface area (TPSA) is 155 Å². The van der Waals surface area contributed by atoms with Gasteiger partial charge in [-0.15, -0.1) is 0 Å². The monoisotopic (exact) mass is 337 g/mol. The van der Waals surface area contributed by atoms with Crippen LogP contribution in [0.1, 0.15) is 13.8 Å². The maximum absolute atomic E-state index is 9.73. The largest absolute Gasteiger partial charge is 2.00 e. The summed E-state index contributed by atoms with van der Waals surface area (Å²) in [6, 6.07) is 0. The van der Waals surface area contributed by atoms with Crippen molar-refractivity contribution < 1.29 is 52.9 Å². The Hall–Kier alpha value is 0.246. The van der Waals surface area contributed by atoms with Crippen LogP contribution in [-0.2, 0) is 37.0 Å². The molecule has 8 nitrogen and oxygen atoms in total. The van der Waals surface area contributed by atoms with Gasteiger partial charge in [0.1, 0.15) is 0 Å². The van der Waals surface area contributed by atoms with E-state index in [9.17, 15) is 25.9 Å². The molecule has 0 aliphatic rings. The minimum absolute atomic E-state index is 0. The first-order valence-corrected chi connectivity index (χ1v) is 7.22. The van der Waals surface area contributed by atoms with Crippen LogP contribution in [-0.4, -0.2) is 59.9 Å². The first-order valence-electron chi connectivity index (χ1n) is 4.06. The van der Waals surface area contributed by atoms with Gasteiger partial charge in [-0.1, -0.05) is 0 Å². The molecule has 0 amide bonds. The van der Waals surface area contributed by atoms with Crippen LogP contribution in [0.2, 0.25) is 0 Å². The molecule has 0 aromatic carbocycles. The summed E-state index contributed by atoms with van der Waals surface area (Å²) < 4.78 is 58.4. The van der Waals surface area contributed by atoms with E-state index in [0.29, 0.717) is 0 Å². The van der Waals surface area contributed by atoms with E-state index in [4.69, 9.17) is 10.2 Å². The first kappa shape index (κ1) is 22.4. The second kappa shape index (κ2) is 9.21. The van der Waals surface area contributed by atoms with E-state index in [2.05, 4.69) is 0 Å². The van der Waals surface area contributed by atoms with Gasteiger partial charge in [0.2, 0.25) is 0 Å². The predicted octanol–water partition coefficient (Wildman–Crippen LogP) is -2.18. The smallest absolute Gasteiger partial charge is 0.748 e. The van der Waals surface area contributed by atoms with Crippen molar-refractivity contribution in [3.8, 4) is 0 Å². The van der Waals surface area contributed by atoms with Crippen LogP contribution in [0, 0.1) is 0 Å². The average Bonchev–Trinajstić information content (AvgIpc) is 1.72. The van der Waals surface area contributed by atoms with Crippen LogP contribution in [0.15, 0.2) is 0 Å². The quantitative estimate of drug-likeness (QED) is 0.549. The minimum atomic E-state index is -4.22. The SMILES string of the molecule is CC(O)CS(=O)(=O)[O-].CC(O)CS(=O)(=O)[O-].[Co+2]. The minimum Gasteiger partial charge on any atom is -0.748 e. The van der Waals surface area contributed by atoms with Gasteiger partial charge in [0.05, 0.1) is 43.9 Å². The molecule has 17 heavy (non-hydrogen) atoms. The van der Waals surface area contributed by atoms with Gasteiger partial charge < -0.3 is 19.3 Å². The Balaban J connectivity index is -0.000000218. The van der Waals surface area contributed by atoms with Crippen molar-refractivity contribution in [1.29, 1.82) is 0 Å². The molecule has 1 radical (unpaired) electrons. The molecule has 0 aliphatic carbocycles. The fraction of sp³-hybridized carbons (Fsp3) is 1.00. The molecule has 0 heterocycles. The molecular formula is C6H14CoO8S2. The van der Waals surface area contributed by atoms with Gasteiger partial charge in [-0.05, 0) is 13.8 Å². The fourth-order valence-electron chi connectivity index (χ4n) is 0.591. The number of hydrogen-bond donors (Lipinski definition) is 2. The van der Waals surface area contributed by atoms with Gasteiger partial charge in [-0.3, -0.25) is 0 Å². The van der Waals surface area contributed by atoms with E-state index in [-0.39, 0.29) is 16.8 Å². The molecule has 0 bridgehead atoms. The summed E-state index contributed by atoms with van der Waals surface area (Å²) in [4.78, 5) is 0. The van der Waals surface area contributed by atoms with Crippen LogP contribution in [0.5, 0.6) is 0 Å². The maximum Gasteiger partial charge on any atom is 2.00 e. The van der Waals surface area contributed by atoms with Gasteiger partial charge >= 0.3 is 16.8 Å². The third-order valence-corrected chi connectivity index (χ3v) is 2.67. The molecule has 11 heteroatoms. The zero-order valence-corrected chi connectivity index (χ0v) is 11.7. The van der Waals surface area contributed by atoms with Crippen molar-refractivity contribution in [3.63, 3.8) is 0 Å². The Bertz CT molecular complexity index is 333. The molecule has 2 N–H and O–H groups in total. The average molecular weight is 337 g/mol. The molecule has 0 rings (SSSR count). The van der Waals surface area contributed by atoms with Crippen molar-refractivity contribution in [1.82, 2.24) is 0 Å². The molecular weight excluding hydrogens is 323 g/mol. The molecule has 0 aromatic rings. The zero-order valence-electron chi connectivity index (χ0n) is 9.06. The van der Waals surface area contributed by atoms with E-state index in [1.165, 1.54) is 13.8 Å². The van der Waals surface area contributed by atoms with Crippen molar-refractivity contribution in [2.75, 3.05) is 11.5 Å². The summed E-state index contributed by atoms with van der Waals surface area (Å²) in [5, 5.41) is 16.6. The van der Waals surface area contributed by atoms with Crippen LogP contribution in [0.25, 0.3) is 0 Å². The van der Waals surface area contributed by atoms with Crippen LogP contribution in [0.4, 0.5) is 0 Å². The van der Waals surface area contributed by atoms with E-state index in [1.807, 2.05) is 0 Å². The number of hydrogen-bond acceptors (Lipinski definition) is 8. The van der Waals surface area contributed by atoms with E-state index >= 15 is 0 Å². The third-order valence-electron chi connectivity index (χ3n) is 0.891. The fourth-order valence-corrected chi connectivity index (χ4v) is 1.77. The molecule has 0 saturated heterocycles. The van der Waals surface area contributed by atoms with Crippen LogP contribution >= 0.6 is 0 Å². The molecule has 0 spiro atoms. The van der Waals surface area contributed by atoms with Gasteiger partial charge in [0, 0.05) is 0 Å². The van der Waals surface area contributed by atoms with Gasteiger partial charge in [0.15, 0.2) is 0 Å². The van der Waals surface area contributed by atoms with Crippen molar-refractivity contribution >= 4 is 20.2 Å². The molecule has 107 valence electrons. The van der Waals surface area contributed by atoms with E-state index in [0.717, 1.165) is 0 Å². The molecule has 2 unspecified atom stereocenters. The molecule has 2 atom stereocenters. The van der Waals surface area contributed by atoms with Crippen molar-refractivity contribution in [2.45, 2.75) is 26.1 Å². The number of aliphatic hydroxyl groups excluding tert-OH is 2. The molecule has 0 fully saturated rings. The second-order valence-corrected chi connectivity index (χ2v) is 6.04. The Morgan fingerprint density at radius 3 is 1.06 bits per heavy atom. The van der Waals surface area contributed by atoms with E-state index in [1.54, 1.807) is 0 Å². The summed E-state index contributed by atoms with van der Waals surface area (Å²) >= 11 is 0. The molecule has 0 aromatic heterocycles.